The molecule has 0 saturated carbocycles. The lowest BCUT2D eigenvalue weighted by atomic mass is 9.97. The van der Waals surface area contributed by atoms with Crippen LogP contribution >= 0.6 is 11.8 Å². The lowest BCUT2D eigenvalue weighted by Crippen LogP contribution is -2.37. The highest BCUT2D eigenvalue weighted by molar-refractivity contribution is 8.18. The predicted molar refractivity (Wildman–Crippen MR) is 91.1 cm³/mol. The van der Waals surface area contributed by atoms with E-state index in [1.165, 1.54) is 0 Å². The van der Waals surface area contributed by atoms with Crippen molar-refractivity contribution >= 4 is 34.7 Å². The van der Waals surface area contributed by atoms with Gasteiger partial charge in [-0.15, -0.1) is 0 Å². The Balaban J connectivity index is 1.70. The van der Waals surface area contributed by atoms with Crippen LogP contribution in [0.1, 0.15) is 25.0 Å². The largest absolute Gasteiger partial charge is 0.341 e. The number of hydrogen-bond donors (Lipinski definition) is 1. The van der Waals surface area contributed by atoms with Crippen LogP contribution in [-0.2, 0) is 9.59 Å². The number of thioether (sulfide) groups is 1. The summed E-state index contributed by atoms with van der Waals surface area (Å²) < 4.78 is 0. The fourth-order valence-corrected chi connectivity index (χ4v) is 3.71. The maximum absolute atomic E-state index is 11.7. The normalized spacial score (nSPS) is 21.4. The van der Waals surface area contributed by atoms with Crippen molar-refractivity contribution in [3.05, 3.63) is 22.9 Å². The number of ketones is 1. The summed E-state index contributed by atoms with van der Waals surface area (Å²) in [4.78, 5) is 34.6. The molecule has 2 saturated heterocycles. The number of carbonyl (C=O) groups is 2. The number of piperidine rings is 1. The van der Waals surface area contributed by atoms with E-state index < -0.39 is 0 Å². The van der Waals surface area contributed by atoms with Crippen molar-refractivity contribution in [2.24, 2.45) is 5.92 Å². The third-order valence-electron chi connectivity index (χ3n) is 4.14. The highest BCUT2D eigenvalue weighted by Crippen LogP contribution is 2.30. The number of nitrogens with one attached hydrogen (secondary N) is 1. The van der Waals surface area contributed by atoms with Gasteiger partial charge in [0.1, 0.15) is 0 Å². The summed E-state index contributed by atoms with van der Waals surface area (Å²) in [5, 5.41) is 3.13. The van der Waals surface area contributed by atoms with Crippen molar-refractivity contribution in [2.45, 2.75) is 19.3 Å². The molecule has 0 radical (unpaired) electrons. The van der Waals surface area contributed by atoms with Crippen LogP contribution in [0.25, 0.3) is 6.08 Å². The molecule has 0 aliphatic carbocycles. The maximum atomic E-state index is 11.7. The molecule has 0 spiro atoms. The molecule has 23 heavy (non-hydrogen) atoms. The van der Waals surface area contributed by atoms with Gasteiger partial charge >= 0.3 is 0 Å². The van der Waals surface area contributed by atoms with Crippen LogP contribution in [0.2, 0.25) is 0 Å². The lowest BCUT2D eigenvalue weighted by molar-refractivity contribution is -0.119. The molecule has 0 aromatic carbocycles. The number of anilines is 1. The molecule has 1 N–H and O–H groups in total. The quantitative estimate of drug-likeness (QED) is 0.661. The molecule has 0 unspecified atom stereocenters. The van der Waals surface area contributed by atoms with Crippen LogP contribution in [0, 0.1) is 5.92 Å². The highest BCUT2D eigenvalue weighted by atomic mass is 32.2. The van der Waals surface area contributed by atoms with Gasteiger partial charge in [0.15, 0.2) is 5.78 Å². The van der Waals surface area contributed by atoms with Crippen molar-refractivity contribution in [2.75, 3.05) is 31.6 Å². The van der Waals surface area contributed by atoms with Crippen molar-refractivity contribution < 1.29 is 9.59 Å². The Morgan fingerprint density at radius 2 is 2.17 bits per heavy atom. The van der Waals surface area contributed by atoms with Crippen LogP contribution in [0.3, 0.4) is 0 Å². The number of nitrogens with zero attached hydrogens (tertiary/aromatic N) is 3. The minimum atomic E-state index is -0.118. The molecular weight excluding hydrogens is 312 g/mol. The Labute approximate surface area is 139 Å². The fourth-order valence-electron chi connectivity index (χ4n) is 2.90. The SMILES string of the molecule is CNCC1CCN(c2nccc(/C=C3\SC(=O)CC3=O)n2)CC1. The Kier molecular flexibility index (Phi) is 5.07. The number of allylic oxidation sites excluding steroid dienone is 1. The molecule has 122 valence electrons. The van der Waals surface area contributed by atoms with Gasteiger partial charge in [-0.25, -0.2) is 9.97 Å². The second-order valence-corrected chi connectivity index (χ2v) is 6.95. The number of Topliss-reactive ketones (excluding diaryl/α,β-unsaturated/α-hetero) is 1. The van der Waals surface area contributed by atoms with E-state index in [4.69, 9.17) is 0 Å². The molecule has 2 aliphatic rings. The van der Waals surface area contributed by atoms with Gasteiger partial charge in [0.05, 0.1) is 17.0 Å². The Hall–Kier alpha value is -1.73. The first-order chi connectivity index (χ1) is 11.2. The summed E-state index contributed by atoms with van der Waals surface area (Å²) in [6.45, 7) is 2.94. The summed E-state index contributed by atoms with van der Waals surface area (Å²) in [5.74, 6) is 1.29. The van der Waals surface area contributed by atoms with Gasteiger partial charge in [0.25, 0.3) is 0 Å². The molecule has 0 bridgehead atoms. The van der Waals surface area contributed by atoms with Crippen LogP contribution in [0.4, 0.5) is 5.95 Å². The maximum Gasteiger partial charge on any atom is 0.225 e. The molecule has 3 rings (SSSR count). The molecule has 2 aliphatic heterocycles. The standard InChI is InChI=1S/C16H20N4O2S/c1-17-10-11-3-6-20(7-4-11)16-18-5-2-12(19-16)8-14-13(21)9-15(22)23-14/h2,5,8,11,17H,3-4,6-7,9-10H2,1H3/b14-8-. The zero-order valence-electron chi connectivity index (χ0n) is 13.1. The van der Waals surface area contributed by atoms with E-state index in [1.54, 1.807) is 18.3 Å². The van der Waals surface area contributed by atoms with E-state index in [0.29, 0.717) is 22.5 Å². The monoisotopic (exact) mass is 332 g/mol. The van der Waals surface area contributed by atoms with Gasteiger partial charge in [-0.05, 0) is 56.3 Å². The molecule has 0 atom stereocenters. The second-order valence-electron chi connectivity index (χ2n) is 5.85. The van der Waals surface area contributed by atoms with Gasteiger partial charge in [0, 0.05) is 19.3 Å². The van der Waals surface area contributed by atoms with E-state index in [2.05, 4.69) is 20.2 Å². The summed E-state index contributed by atoms with van der Waals surface area (Å²) in [5.41, 5.74) is 0.679. The number of hydrogen-bond acceptors (Lipinski definition) is 7. The minimum absolute atomic E-state index is 0.00653. The average molecular weight is 332 g/mol. The molecule has 3 heterocycles. The van der Waals surface area contributed by atoms with Gasteiger partial charge in [0.2, 0.25) is 11.1 Å². The zero-order valence-corrected chi connectivity index (χ0v) is 13.9. The highest BCUT2D eigenvalue weighted by Gasteiger charge is 2.26. The first kappa shape index (κ1) is 16.1. The van der Waals surface area contributed by atoms with Crippen LogP contribution in [0.15, 0.2) is 17.2 Å². The van der Waals surface area contributed by atoms with E-state index >= 15 is 0 Å². The van der Waals surface area contributed by atoms with E-state index in [9.17, 15) is 9.59 Å². The summed E-state index contributed by atoms with van der Waals surface area (Å²) >= 11 is 1.01. The van der Waals surface area contributed by atoms with Gasteiger partial charge in [-0.1, -0.05) is 0 Å². The van der Waals surface area contributed by atoms with Gasteiger partial charge in [-0.3, -0.25) is 9.59 Å². The Bertz CT molecular complexity index is 639. The zero-order chi connectivity index (χ0) is 16.2. The van der Waals surface area contributed by atoms with E-state index in [-0.39, 0.29) is 17.3 Å². The third-order valence-corrected chi connectivity index (χ3v) is 5.07. The smallest absolute Gasteiger partial charge is 0.225 e. The minimum Gasteiger partial charge on any atom is -0.341 e. The second kappa shape index (κ2) is 7.23. The third kappa shape index (κ3) is 3.97. The molecule has 7 heteroatoms. The van der Waals surface area contributed by atoms with Crippen LogP contribution < -0.4 is 10.2 Å². The van der Waals surface area contributed by atoms with Crippen molar-refractivity contribution in [3.8, 4) is 0 Å². The van der Waals surface area contributed by atoms with Crippen molar-refractivity contribution in [3.63, 3.8) is 0 Å². The predicted octanol–water partition coefficient (Wildman–Crippen LogP) is 1.49. The van der Waals surface area contributed by atoms with E-state index in [1.807, 2.05) is 7.05 Å². The molecule has 1 aromatic rings. The molecule has 6 nitrogen and oxygen atoms in total. The summed E-state index contributed by atoms with van der Waals surface area (Å²) in [6.07, 6.45) is 5.64. The number of rotatable bonds is 4. The molecular formula is C16H20N4O2S. The molecule has 0 amide bonds. The van der Waals surface area contributed by atoms with E-state index in [0.717, 1.165) is 44.2 Å². The summed E-state index contributed by atoms with van der Waals surface area (Å²) in [6, 6.07) is 1.76. The van der Waals surface area contributed by atoms with Gasteiger partial charge in [-0.2, -0.15) is 0 Å². The Morgan fingerprint density at radius 1 is 1.39 bits per heavy atom. The Morgan fingerprint density at radius 3 is 2.83 bits per heavy atom. The van der Waals surface area contributed by atoms with Crippen molar-refractivity contribution in [1.29, 1.82) is 0 Å². The molecule has 1 aromatic heterocycles. The van der Waals surface area contributed by atoms with Crippen LogP contribution in [0.5, 0.6) is 0 Å². The van der Waals surface area contributed by atoms with Gasteiger partial charge < -0.3 is 10.2 Å². The topological polar surface area (TPSA) is 75.2 Å². The number of carbonyl (C=O) groups excluding carboxylic acids is 2. The first-order valence-corrected chi connectivity index (χ1v) is 8.65. The summed E-state index contributed by atoms with van der Waals surface area (Å²) in [7, 11) is 1.99. The lowest BCUT2D eigenvalue weighted by Gasteiger charge is -2.31. The van der Waals surface area contributed by atoms with Crippen molar-refractivity contribution in [1.82, 2.24) is 15.3 Å². The van der Waals surface area contributed by atoms with Crippen LogP contribution in [-0.4, -0.2) is 47.5 Å². The average Bonchev–Trinajstić information content (AvgIpc) is 2.86. The molecule has 2 fully saturated rings. The first-order valence-electron chi connectivity index (χ1n) is 7.84. The fraction of sp³-hybridized carbons (Fsp3) is 0.500. The number of aromatic nitrogens is 2.